The number of ether oxygens (including phenoxy) is 1. The first-order valence-corrected chi connectivity index (χ1v) is 7.58. The molecular formula is C13H27NO12. The van der Waals surface area contributed by atoms with Crippen LogP contribution in [0.25, 0.3) is 0 Å². The van der Waals surface area contributed by atoms with Gasteiger partial charge in [-0.2, -0.15) is 0 Å². The molecule has 0 bridgehead atoms. The zero-order valence-corrected chi connectivity index (χ0v) is 13.9. The SMILES string of the molecule is CNCC(O)C(O)C(O)C(O)C(O)OC(=O)C(O)C(O)C(O)C(O)CO. The van der Waals surface area contributed by atoms with Crippen LogP contribution < -0.4 is 5.32 Å². The Morgan fingerprint density at radius 3 is 1.77 bits per heavy atom. The second-order valence-electron chi connectivity index (χ2n) is 5.60. The predicted octanol–water partition coefficient (Wildman–Crippen LogP) is -7.05. The van der Waals surface area contributed by atoms with Crippen LogP contribution in [0.3, 0.4) is 0 Å². The number of hydrogen-bond donors (Lipinski definition) is 11. The molecular weight excluding hydrogens is 362 g/mol. The molecule has 0 radical (unpaired) electrons. The monoisotopic (exact) mass is 389 g/mol. The maximum atomic E-state index is 11.6. The third-order valence-electron chi connectivity index (χ3n) is 3.53. The van der Waals surface area contributed by atoms with E-state index in [4.69, 9.17) is 10.2 Å². The standard InChI is InChI=1S/C13H27NO12/c1-14-2-4(16)6(18)8(20)10(22)12(24)26-13(25)11(23)9(21)7(19)5(17)3-15/h4-12,14-24H,2-3H2,1H3. The maximum Gasteiger partial charge on any atom is 0.340 e. The third-order valence-corrected chi connectivity index (χ3v) is 3.53. The first-order valence-electron chi connectivity index (χ1n) is 7.58. The lowest BCUT2D eigenvalue weighted by Gasteiger charge is -2.30. The summed E-state index contributed by atoms with van der Waals surface area (Å²) in [4.78, 5) is 11.6. The first kappa shape index (κ1) is 25.0. The zero-order valence-electron chi connectivity index (χ0n) is 13.9. The number of nitrogens with one attached hydrogen (secondary N) is 1. The van der Waals surface area contributed by atoms with Crippen molar-refractivity contribution in [3.63, 3.8) is 0 Å². The molecule has 0 aromatic rings. The molecule has 156 valence electrons. The lowest BCUT2D eigenvalue weighted by atomic mass is 10.0. The molecule has 0 aliphatic carbocycles. The Balaban J connectivity index is 4.77. The van der Waals surface area contributed by atoms with Gasteiger partial charge in [0.15, 0.2) is 6.10 Å². The molecule has 9 unspecified atom stereocenters. The molecule has 0 heterocycles. The first-order chi connectivity index (χ1) is 12.0. The molecule has 26 heavy (non-hydrogen) atoms. The Hall–Kier alpha value is -0.970. The van der Waals surface area contributed by atoms with Crippen LogP contribution in [0.15, 0.2) is 0 Å². The Kier molecular flexibility index (Phi) is 11.2. The lowest BCUT2D eigenvalue weighted by molar-refractivity contribution is -0.223. The number of rotatable bonds is 12. The quantitative estimate of drug-likeness (QED) is 0.110. The average Bonchev–Trinajstić information content (AvgIpc) is 2.63. The zero-order chi connectivity index (χ0) is 20.6. The van der Waals surface area contributed by atoms with Crippen molar-refractivity contribution in [1.82, 2.24) is 5.32 Å². The fourth-order valence-corrected chi connectivity index (χ4v) is 1.85. The van der Waals surface area contributed by atoms with E-state index in [0.717, 1.165) is 0 Å². The Morgan fingerprint density at radius 2 is 1.31 bits per heavy atom. The highest BCUT2D eigenvalue weighted by Gasteiger charge is 2.39. The molecule has 9 atom stereocenters. The van der Waals surface area contributed by atoms with Gasteiger partial charge in [-0.3, -0.25) is 0 Å². The number of esters is 1. The van der Waals surface area contributed by atoms with Crippen molar-refractivity contribution < 1.29 is 60.6 Å². The second-order valence-corrected chi connectivity index (χ2v) is 5.60. The van der Waals surface area contributed by atoms with Gasteiger partial charge in [-0.25, -0.2) is 4.79 Å². The topological polar surface area (TPSA) is 241 Å². The Morgan fingerprint density at radius 1 is 0.808 bits per heavy atom. The number of likely N-dealkylation sites (N-methyl/N-ethyl adjacent to an activating group) is 1. The van der Waals surface area contributed by atoms with Crippen LogP contribution in [0.2, 0.25) is 0 Å². The van der Waals surface area contributed by atoms with Crippen molar-refractivity contribution in [2.24, 2.45) is 0 Å². The minimum atomic E-state index is -2.48. The van der Waals surface area contributed by atoms with Gasteiger partial charge < -0.3 is 61.1 Å². The molecule has 0 fully saturated rings. The van der Waals surface area contributed by atoms with Crippen molar-refractivity contribution in [2.45, 2.75) is 55.1 Å². The molecule has 0 aliphatic rings. The molecule has 0 saturated carbocycles. The second kappa shape index (κ2) is 11.7. The minimum absolute atomic E-state index is 0.170. The number of aliphatic hydroxyl groups is 10. The van der Waals surface area contributed by atoms with E-state index in [1.807, 2.05) is 0 Å². The van der Waals surface area contributed by atoms with E-state index < -0.39 is 67.7 Å². The van der Waals surface area contributed by atoms with Crippen LogP contribution >= 0.6 is 0 Å². The van der Waals surface area contributed by atoms with E-state index in [2.05, 4.69) is 10.1 Å². The molecule has 0 aliphatic heterocycles. The van der Waals surface area contributed by atoms with Crippen molar-refractivity contribution in [2.75, 3.05) is 20.2 Å². The highest BCUT2D eigenvalue weighted by Crippen LogP contribution is 2.12. The number of hydrogen-bond acceptors (Lipinski definition) is 13. The average molecular weight is 389 g/mol. The van der Waals surface area contributed by atoms with E-state index in [1.165, 1.54) is 7.05 Å². The maximum absolute atomic E-state index is 11.6. The molecule has 0 amide bonds. The highest BCUT2D eigenvalue weighted by atomic mass is 16.7. The fourth-order valence-electron chi connectivity index (χ4n) is 1.85. The summed E-state index contributed by atoms with van der Waals surface area (Å²) < 4.78 is 4.20. The summed E-state index contributed by atoms with van der Waals surface area (Å²) in [5.74, 6) is -1.74. The Labute approximate surface area is 148 Å². The third kappa shape index (κ3) is 6.98. The van der Waals surface area contributed by atoms with Crippen molar-refractivity contribution in [3.05, 3.63) is 0 Å². The summed E-state index contributed by atoms with van der Waals surface area (Å²) in [6, 6.07) is 0. The molecule has 0 saturated heterocycles. The van der Waals surface area contributed by atoms with E-state index >= 15 is 0 Å². The van der Waals surface area contributed by atoms with E-state index in [1.54, 1.807) is 0 Å². The van der Waals surface area contributed by atoms with Gasteiger partial charge in [0.05, 0.1) is 12.7 Å². The molecule has 13 heteroatoms. The van der Waals surface area contributed by atoms with E-state index in [-0.39, 0.29) is 6.54 Å². The summed E-state index contributed by atoms with van der Waals surface area (Å²) in [5, 5.41) is 96.5. The van der Waals surface area contributed by atoms with Crippen LogP contribution in [0.5, 0.6) is 0 Å². The van der Waals surface area contributed by atoms with Crippen LogP contribution in [0, 0.1) is 0 Å². The lowest BCUT2D eigenvalue weighted by Crippen LogP contribution is -2.53. The number of carbonyl (C=O) groups excluding carboxylic acids is 1. The number of aliphatic hydroxyl groups excluding tert-OH is 10. The number of carbonyl (C=O) groups is 1. The summed E-state index contributed by atoms with van der Waals surface area (Å²) in [6.07, 6.45) is -19.2. The van der Waals surface area contributed by atoms with Gasteiger partial charge in [0, 0.05) is 6.54 Å². The van der Waals surface area contributed by atoms with Crippen LogP contribution in [-0.4, -0.2) is 132 Å². The predicted molar refractivity (Wildman–Crippen MR) is 81.2 cm³/mol. The van der Waals surface area contributed by atoms with Crippen molar-refractivity contribution in [1.29, 1.82) is 0 Å². The summed E-state index contributed by atoms with van der Waals surface area (Å²) >= 11 is 0. The molecule has 13 nitrogen and oxygen atoms in total. The van der Waals surface area contributed by atoms with Gasteiger partial charge in [0.1, 0.15) is 36.6 Å². The van der Waals surface area contributed by atoms with Gasteiger partial charge in [-0.05, 0) is 7.05 Å². The minimum Gasteiger partial charge on any atom is -0.431 e. The van der Waals surface area contributed by atoms with Gasteiger partial charge >= 0.3 is 5.97 Å². The van der Waals surface area contributed by atoms with Gasteiger partial charge in [-0.1, -0.05) is 0 Å². The molecule has 0 aromatic carbocycles. The molecule has 0 aromatic heterocycles. The van der Waals surface area contributed by atoms with E-state index in [9.17, 15) is 45.6 Å². The van der Waals surface area contributed by atoms with Crippen LogP contribution in [0.1, 0.15) is 0 Å². The van der Waals surface area contributed by atoms with Gasteiger partial charge in [0.2, 0.25) is 6.29 Å². The normalized spacial score (nSPS) is 22.4. The van der Waals surface area contributed by atoms with Gasteiger partial charge in [0.25, 0.3) is 0 Å². The smallest absolute Gasteiger partial charge is 0.340 e. The largest absolute Gasteiger partial charge is 0.431 e. The Bertz CT molecular complexity index is 413. The van der Waals surface area contributed by atoms with Crippen molar-refractivity contribution in [3.8, 4) is 0 Å². The fraction of sp³-hybridized carbons (Fsp3) is 0.923. The highest BCUT2D eigenvalue weighted by molar-refractivity contribution is 5.75. The summed E-state index contributed by atoms with van der Waals surface area (Å²) in [6.45, 7) is -1.16. The van der Waals surface area contributed by atoms with Crippen molar-refractivity contribution >= 4 is 5.97 Å². The molecule has 11 N–H and O–H groups in total. The molecule has 0 spiro atoms. The van der Waals surface area contributed by atoms with E-state index in [0.29, 0.717) is 0 Å². The molecule has 0 rings (SSSR count). The summed E-state index contributed by atoms with van der Waals surface area (Å²) in [5.41, 5.74) is 0. The van der Waals surface area contributed by atoms with Gasteiger partial charge in [-0.15, -0.1) is 0 Å². The van der Waals surface area contributed by atoms with Crippen LogP contribution in [-0.2, 0) is 9.53 Å². The van der Waals surface area contributed by atoms with Crippen LogP contribution in [0.4, 0.5) is 0 Å². The summed E-state index contributed by atoms with van der Waals surface area (Å²) in [7, 11) is 1.43.